The van der Waals surface area contributed by atoms with E-state index in [1.165, 1.54) is 0 Å². The van der Waals surface area contributed by atoms with E-state index in [9.17, 15) is 13.2 Å². The second-order valence-corrected chi connectivity index (χ2v) is 7.46. The van der Waals surface area contributed by atoms with E-state index in [0.717, 1.165) is 10.9 Å². The molecule has 0 radical (unpaired) electrons. The molecule has 21 heavy (non-hydrogen) atoms. The van der Waals surface area contributed by atoms with E-state index in [4.69, 9.17) is 12.6 Å². The molecule has 0 saturated carbocycles. The molecular weight excluding hydrogens is 373 g/mol. The number of rotatable bonds is 1. The summed E-state index contributed by atoms with van der Waals surface area (Å²) in [7, 11) is -1.74. The molecule has 1 unspecified atom stereocenters. The molecule has 3 nitrogen and oxygen atoms in total. The van der Waals surface area contributed by atoms with Crippen LogP contribution in [0.1, 0.15) is 30.2 Å². The smallest absolute Gasteiger partial charge is 0.405 e. The first-order valence-electron chi connectivity index (χ1n) is 5.90. The van der Waals surface area contributed by atoms with E-state index < -0.39 is 30.8 Å². The van der Waals surface area contributed by atoms with Crippen LogP contribution in [0, 0.1) is 21.7 Å². The molecule has 1 heterocycles. The lowest BCUT2D eigenvalue weighted by molar-refractivity contribution is -1.73. The Morgan fingerprint density at radius 2 is 1.62 bits per heavy atom. The molecule has 2 rings (SSSR count). The summed E-state index contributed by atoms with van der Waals surface area (Å²) in [5.41, 5.74) is -3.29. The highest BCUT2D eigenvalue weighted by molar-refractivity contribution is 7.38. The zero-order valence-electron chi connectivity index (χ0n) is 11.5. The number of alkyl halides is 3. The van der Waals surface area contributed by atoms with Crippen molar-refractivity contribution < 1.29 is 40.6 Å². The molecule has 0 aliphatic carbocycles. The number of thiophene rings is 1. The Labute approximate surface area is 128 Å². The zero-order chi connectivity index (χ0) is 16.4. The van der Waals surface area contributed by atoms with Gasteiger partial charge in [0, 0.05) is 23.4 Å². The van der Waals surface area contributed by atoms with Crippen LogP contribution in [0.4, 0.5) is 13.2 Å². The molecule has 1 aromatic carbocycles. The van der Waals surface area contributed by atoms with E-state index >= 15 is 0 Å². The summed E-state index contributed by atoms with van der Waals surface area (Å²) in [5, 5.41) is 0.722. The number of benzene rings is 1. The van der Waals surface area contributed by atoms with Crippen LogP contribution < -0.4 is 12.6 Å². The highest BCUT2D eigenvalue weighted by atomic mass is 80.0. The van der Waals surface area contributed by atoms with Gasteiger partial charge in [-0.3, -0.25) is 0 Å². The van der Waals surface area contributed by atoms with Gasteiger partial charge in [-0.1, -0.05) is 19.9 Å². The lowest BCUT2D eigenvalue weighted by atomic mass is 10.1. The second-order valence-electron chi connectivity index (χ2n) is 4.68. The highest BCUT2D eigenvalue weighted by Gasteiger charge is 2.48. The molecule has 1 atom stereocenters. The Kier molecular flexibility index (Phi) is 6.18. The highest BCUT2D eigenvalue weighted by Crippen LogP contribution is 2.52. The van der Waals surface area contributed by atoms with Gasteiger partial charge in [0.2, 0.25) is 14.8 Å². The Bertz CT molecular complexity index is 606. The summed E-state index contributed by atoms with van der Waals surface area (Å²) in [5.74, 6) is -0.0762. The van der Waals surface area contributed by atoms with Gasteiger partial charge in [-0.2, -0.15) is 0 Å². The minimum atomic E-state index is -4.17. The molecule has 0 spiro atoms. The van der Waals surface area contributed by atoms with Crippen LogP contribution in [-0.2, 0) is 5.51 Å². The van der Waals surface area contributed by atoms with Crippen molar-refractivity contribution in [2.24, 2.45) is 0 Å². The maximum atomic E-state index is 13.2. The number of fused-ring (bicyclic) bond motifs is 1. The first kappa shape index (κ1) is 18.4. The maximum Gasteiger partial charge on any atom is 0.600 e. The molecule has 0 bridgehead atoms. The fourth-order valence-electron chi connectivity index (χ4n) is 1.94. The Balaban J connectivity index is 0.000000491. The quantitative estimate of drug-likeness (QED) is 0.703. The van der Waals surface area contributed by atoms with Crippen LogP contribution in [0.25, 0.3) is 10.1 Å². The third-order valence-electron chi connectivity index (χ3n) is 2.72. The van der Waals surface area contributed by atoms with Crippen molar-refractivity contribution in [3.63, 3.8) is 0 Å². The Morgan fingerprint density at radius 3 is 2.05 bits per heavy atom. The van der Waals surface area contributed by atoms with Gasteiger partial charge in [0.15, 0.2) is 9.58 Å². The third kappa shape index (κ3) is 4.93. The van der Waals surface area contributed by atoms with Gasteiger partial charge in [0.25, 0.3) is 0 Å². The van der Waals surface area contributed by atoms with E-state index in [2.05, 4.69) is 0 Å². The summed E-state index contributed by atoms with van der Waals surface area (Å²) in [6.45, 7) is 5.46. The fraction of sp³-hybridized carbons (Fsp3) is 0.385. The number of halogens is 4. The SMILES string of the molecule is Cc1ccc2cc(C(C)C)[s+](C(F)(F)F)c2c1.[O-][Br+2]([O-])[O-]. The van der Waals surface area contributed by atoms with Crippen LogP contribution in [0.3, 0.4) is 0 Å². The van der Waals surface area contributed by atoms with Crippen molar-refractivity contribution in [3.8, 4) is 0 Å². The van der Waals surface area contributed by atoms with E-state index in [1.54, 1.807) is 18.2 Å². The maximum absolute atomic E-state index is 13.2. The molecule has 8 heteroatoms. The Morgan fingerprint density at radius 1 is 1.10 bits per heavy atom. The van der Waals surface area contributed by atoms with Crippen LogP contribution in [0.5, 0.6) is 0 Å². The van der Waals surface area contributed by atoms with Gasteiger partial charge < -0.3 is 12.6 Å². The zero-order valence-corrected chi connectivity index (χ0v) is 13.9. The van der Waals surface area contributed by atoms with Gasteiger partial charge in [-0.05, 0) is 18.6 Å². The Hall–Kier alpha value is -0.670. The molecule has 0 amide bonds. The van der Waals surface area contributed by atoms with Crippen molar-refractivity contribution in [1.29, 1.82) is 0 Å². The minimum Gasteiger partial charge on any atom is -0.405 e. The molecule has 0 aliphatic heterocycles. The largest absolute Gasteiger partial charge is 0.600 e. The monoisotopic (exact) mass is 386 g/mol. The van der Waals surface area contributed by atoms with Crippen molar-refractivity contribution in [2.75, 3.05) is 0 Å². The average Bonchev–Trinajstić information content (AvgIpc) is 2.66. The lowest BCUT2D eigenvalue weighted by Gasteiger charge is -2.02. The predicted molar refractivity (Wildman–Crippen MR) is 66.6 cm³/mol. The number of aryl methyl sites for hydroxylation is 1. The fourth-order valence-corrected chi connectivity index (χ4v) is 4.09. The van der Waals surface area contributed by atoms with E-state index in [1.807, 2.05) is 26.8 Å². The van der Waals surface area contributed by atoms with Crippen LogP contribution in [0.15, 0.2) is 24.3 Å². The van der Waals surface area contributed by atoms with Crippen LogP contribution in [-0.4, -0.2) is 0 Å². The van der Waals surface area contributed by atoms with Crippen molar-refractivity contribution in [3.05, 3.63) is 34.7 Å². The number of hydrogen-bond acceptors (Lipinski definition) is 3. The molecule has 0 N–H and O–H groups in total. The van der Waals surface area contributed by atoms with E-state index in [0.29, 0.717) is 9.58 Å². The molecule has 0 fully saturated rings. The second kappa shape index (κ2) is 7.06. The van der Waals surface area contributed by atoms with E-state index in [-0.39, 0.29) is 5.92 Å². The molecule has 2 aromatic rings. The summed E-state index contributed by atoms with van der Waals surface area (Å²) < 4.78 is 65.5. The van der Waals surface area contributed by atoms with Crippen molar-refractivity contribution >= 4 is 20.6 Å². The van der Waals surface area contributed by atoms with Crippen LogP contribution in [0.2, 0.25) is 0 Å². The number of hydrogen-bond donors (Lipinski definition) is 0. The van der Waals surface area contributed by atoms with Gasteiger partial charge in [0.1, 0.15) is 0 Å². The molecular formula is C13H14BrF3O3S. The van der Waals surface area contributed by atoms with Gasteiger partial charge >= 0.3 is 5.51 Å². The summed E-state index contributed by atoms with van der Waals surface area (Å²) in [6.07, 6.45) is 0. The summed E-state index contributed by atoms with van der Waals surface area (Å²) >= 11 is -3.65. The van der Waals surface area contributed by atoms with Crippen molar-refractivity contribution in [2.45, 2.75) is 32.2 Å². The van der Waals surface area contributed by atoms with Gasteiger partial charge in [-0.25, -0.2) is 0 Å². The topological polar surface area (TPSA) is 69.2 Å². The normalized spacial score (nSPS) is 12.8. The summed E-state index contributed by atoms with van der Waals surface area (Å²) in [4.78, 5) is 0.498. The van der Waals surface area contributed by atoms with Gasteiger partial charge in [0.05, 0.1) is 10.5 Å². The van der Waals surface area contributed by atoms with Gasteiger partial charge in [-0.15, -0.1) is 13.2 Å². The summed E-state index contributed by atoms with van der Waals surface area (Å²) in [6, 6.07) is 7.01. The van der Waals surface area contributed by atoms with Crippen LogP contribution >= 0.6 is 10.5 Å². The van der Waals surface area contributed by atoms with Crippen molar-refractivity contribution in [1.82, 2.24) is 0 Å². The predicted octanol–water partition coefficient (Wildman–Crippen LogP) is 1.93. The minimum absolute atomic E-state index is 0.0762. The lowest BCUT2D eigenvalue weighted by Crippen LogP contribution is -2.42. The molecule has 118 valence electrons. The third-order valence-corrected chi connectivity index (χ3v) is 5.04. The standard InChI is InChI=1S/C13H14F3S.BrO3/c1-8(2)11-7-10-5-4-9(3)6-12(10)17(11)13(14,15)16;2-1(3)4/h4-8H,1-3H3;/q+1;-1. The molecule has 1 aromatic heterocycles. The first-order valence-corrected chi connectivity index (χ1v) is 9.07. The average molecular weight is 387 g/mol. The molecule has 0 saturated heterocycles. The molecule has 0 aliphatic rings. The first-order chi connectivity index (χ1) is 9.54.